The fourth-order valence-corrected chi connectivity index (χ4v) is 3.48. The molecule has 3 N–H and O–H groups in total. The summed E-state index contributed by atoms with van der Waals surface area (Å²) in [7, 11) is 0. The minimum Gasteiger partial charge on any atom is -0.390 e. The van der Waals surface area contributed by atoms with Crippen LogP contribution in [0.15, 0.2) is 24.3 Å². The molecule has 2 fully saturated rings. The average molecular weight is 388 g/mol. The smallest absolute Gasteiger partial charge is 0.255 e. The number of halogens is 2. The van der Waals surface area contributed by atoms with Crippen LogP contribution in [-0.2, 0) is 4.79 Å². The third-order valence-electron chi connectivity index (χ3n) is 4.77. The lowest BCUT2D eigenvalue weighted by atomic mass is 9.95. The molecule has 0 unspecified atom stereocenters. The van der Waals surface area contributed by atoms with E-state index in [1.807, 2.05) is 0 Å². The first-order chi connectivity index (χ1) is 11.6. The largest absolute Gasteiger partial charge is 0.390 e. The molecule has 2 aliphatic heterocycles. The summed E-state index contributed by atoms with van der Waals surface area (Å²) in [5.41, 5.74) is 0.502. The lowest BCUT2D eigenvalue weighted by Crippen LogP contribution is -2.48. The van der Waals surface area contributed by atoms with E-state index in [2.05, 4.69) is 10.6 Å². The summed E-state index contributed by atoms with van der Waals surface area (Å²) in [6, 6.07) is 6.79. The van der Waals surface area contributed by atoms with Gasteiger partial charge in [0.2, 0.25) is 5.91 Å². The second-order valence-corrected chi connectivity index (χ2v) is 6.79. The number of rotatable bonds is 3. The Hall–Kier alpha value is -1.34. The van der Waals surface area contributed by atoms with E-state index in [0.29, 0.717) is 49.6 Å². The second-order valence-electron chi connectivity index (χ2n) is 6.39. The van der Waals surface area contributed by atoms with E-state index in [4.69, 9.17) is 11.6 Å². The van der Waals surface area contributed by atoms with Crippen molar-refractivity contribution in [2.75, 3.05) is 26.2 Å². The van der Waals surface area contributed by atoms with Gasteiger partial charge in [-0.15, -0.1) is 12.4 Å². The van der Waals surface area contributed by atoms with Crippen molar-refractivity contribution in [2.24, 2.45) is 5.92 Å². The van der Waals surface area contributed by atoms with Crippen molar-refractivity contribution >= 4 is 35.8 Å². The molecule has 0 spiro atoms. The molecule has 2 aliphatic rings. The van der Waals surface area contributed by atoms with E-state index < -0.39 is 6.10 Å². The monoisotopic (exact) mass is 387 g/mol. The molecular weight excluding hydrogens is 365 g/mol. The molecule has 2 amide bonds. The Kier molecular flexibility index (Phi) is 7.07. The number of carbonyl (C=O) groups excluding carboxylic acids is 2. The van der Waals surface area contributed by atoms with Gasteiger partial charge < -0.3 is 20.6 Å². The summed E-state index contributed by atoms with van der Waals surface area (Å²) in [4.78, 5) is 26.6. The van der Waals surface area contributed by atoms with Gasteiger partial charge >= 0.3 is 0 Å². The van der Waals surface area contributed by atoms with E-state index in [-0.39, 0.29) is 36.2 Å². The van der Waals surface area contributed by atoms with Gasteiger partial charge in [-0.25, -0.2) is 0 Å². The molecule has 1 aromatic carbocycles. The molecule has 0 saturated carbocycles. The Balaban J connectivity index is 0.00000225. The van der Waals surface area contributed by atoms with Crippen LogP contribution < -0.4 is 10.6 Å². The van der Waals surface area contributed by atoms with Crippen molar-refractivity contribution in [1.82, 2.24) is 15.5 Å². The molecule has 2 saturated heterocycles. The second kappa shape index (κ2) is 8.85. The number of nitrogens with one attached hydrogen (secondary N) is 2. The zero-order valence-corrected chi connectivity index (χ0v) is 15.4. The molecule has 3 rings (SSSR count). The van der Waals surface area contributed by atoms with Gasteiger partial charge in [-0.3, -0.25) is 9.59 Å². The van der Waals surface area contributed by atoms with Gasteiger partial charge in [-0.1, -0.05) is 23.7 Å². The first-order valence-electron chi connectivity index (χ1n) is 8.29. The fourth-order valence-electron chi connectivity index (χ4n) is 3.26. The number of hydrogen-bond acceptors (Lipinski definition) is 4. The number of benzene rings is 1. The fraction of sp³-hybridized carbons (Fsp3) is 0.529. The predicted molar refractivity (Wildman–Crippen MR) is 98.1 cm³/mol. The molecule has 1 aromatic rings. The zero-order chi connectivity index (χ0) is 17.1. The minimum atomic E-state index is -0.532. The van der Waals surface area contributed by atoms with Crippen LogP contribution in [0, 0.1) is 5.92 Å². The van der Waals surface area contributed by atoms with Crippen LogP contribution in [0.4, 0.5) is 0 Å². The molecule has 138 valence electrons. The zero-order valence-electron chi connectivity index (χ0n) is 13.8. The molecule has 0 aromatic heterocycles. The van der Waals surface area contributed by atoms with E-state index in [1.165, 1.54) is 0 Å². The molecule has 2 heterocycles. The third kappa shape index (κ3) is 4.64. The lowest BCUT2D eigenvalue weighted by Gasteiger charge is -2.32. The molecule has 2 atom stereocenters. The number of aliphatic hydroxyl groups excluding tert-OH is 1. The minimum absolute atomic E-state index is 0. The number of amides is 2. The van der Waals surface area contributed by atoms with Crippen LogP contribution >= 0.6 is 24.0 Å². The van der Waals surface area contributed by atoms with E-state index >= 15 is 0 Å². The number of nitrogens with zero attached hydrogens (tertiary/aromatic N) is 1. The quantitative estimate of drug-likeness (QED) is 0.724. The number of aliphatic hydroxyl groups is 1. The standard InChI is InChI=1S/C17H22ClN3O3.ClH/c18-13-4-2-1-3-12(13)17(24)21-7-5-11(6-8-21)16(23)20-14-9-19-10-15(14)22;/h1-4,11,14-15,19,22H,5-10H2,(H,20,23);1H/t14-,15-;/m1./s1. The summed E-state index contributed by atoms with van der Waals surface area (Å²) in [6.07, 6.45) is 0.715. The van der Waals surface area contributed by atoms with Crippen molar-refractivity contribution in [2.45, 2.75) is 25.0 Å². The first-order valence-corrected chi connectivity index (χ1v) is 8.67. The summed E-state index contributed by atoms with van der Waals surface area (Å²) >= 11 is 6.09. The number of piperidine rings is 1. The summed E-state index contributed by atoms with van der Waals surface area (Å²) in [5.74, 6) is -0.240. The van der Waals surface area contributed by atoms with Crippen LogP contribution in [0.25, 0.3) is 0 Å². The molecule has 0 aliphatic carbocycles. The number of carbonyl (C=O) groups is 2. The van der Waals surface area contributed by atoms with Crippen molar-refractivity contribution in [3.8, 4) is 0 Å². The van der Waals surface area contributed by atoms with Gasteiger partial charge in [0.25, 0.3) is 5.91 Å². The Morgan fingerprint density at radius 1 is 1.20 bits per heavy atom. The van der Waals surface area contributed by atoms with Crippen LogP contribution in [0.5, 0.6) is 0 Å². The first kappa shape index (κ1) is 20.0. The Morgan fingerprint density at radius 3 is 2.48 bits per heavy atom. The van der Waals surface area contributed by atoms with Crippen molar-refractivity contribution in [3.63, 3.8) is 0 Å². The number of β-amino-alcohol motifs (C(OH)–C–C–N with tert-alkyl or cyclic N) is 1. The Morgan fingerprint density at radius 2 is 1.88 bits per heavy atom. The number of hydrogen-bond donors (Lipinski definition) is 3. The summed E-state index contributed by atoms with van der Waals surface area (Å²) in [5, 5.41) is 16.2. The number of likely N-dealkylation sites (tertiary alicyclic amines) is 1. The van der Waals surface area contributed by atoms with E-state index in [1.54, 1.807) is 29.2 Å². The topological polar surface area (TPSA) is 81.7 Å². The van der Waals surface area contributed by atoms with Gasteiger partial charge in [-0.2, -0.15) is 0 Å². The molecule has 6 nitrogen and oxygen atoms in total. The van der Waals surface area contributed by atoms with Gasteiger partial charge in [0.15, 0.2) is 0 Å². The highest BCUT2D eigenvalue weighted by Gasteiger charge is 2.32. The SMILES string of the molecule is Cl.O=C(N[C@@H]1CNC[C@H]1O)C1CCN(C(=O)c2ccccc2Cl)CC1. The van der Waals surface area contributed by atoms with Crippen LogP contribution in [0.2, 0.25) is 5.02 Å². The Bertz CT molecular complexity index is 621. The van der Waals surface area contributed by atoms with Crippen LogP contribution in [-0.4, -0.2) is 60.1 Å². The third-order valence-corrected chi connectivity index (χ3v) is 5.10. The molecular formula is C17H23Cl2N3O3. The summed E-state index contributed by atoms with van der Waals surface area (Å²) in [6.45, 7) is 2.17. The van der Waals surface area contributed by atoms with Gasteiger partial charge in [0, 0.05) is 32.1 Å². The molecule has 8 heteroatoms. The Labute approximate surface area is 158 Å². The summed E-state index contributed by atoms with van der Waals surface area (Å²) < 4.78 is 0. The molecule has 0 radical (unpaired) electrons. The van der Waals surface area contributed by atoms with E-state index in [0.717, 1.165) is 0 Å². The predicted octanol–water partition coefficient (Wildman–Crippen LogP) is 1.06. The molecule has 0 bridgehead atoms. The van der Waals surface area contributed by atoms with Gasteiger partial charge in [0.05, 0.1) is 22.7 Å². The van der Waals surface area contributed by atoms with Crippen LogP contribution in [0.1, 0.15) is 23.2 Å². The maximum absolute atomic E-state index is 12.5. The van der Waals surface area contributed by atoms with Crippen molar-refractivity contribution in [1.29, 1.82) is 0 Å². The highest BCUT2D eigenvalue weighted by Crippen LogP contribution is 2.22. The average Bonchev–Trinajstić information content (AvgIpc) is 3.00. The normalized spacial score (nSPS) is 23.8. The van der Waals surface area contributed by atoms with Crippen LogP contribution in [0.3, 0.4) is 0 Å². The van der Waals surface area contributed by atoms with Gasteiger partial charge in [-0.05, 0) is 25.0 Å². The maximum Gasteiger partial charge on any atom is 0.255 e. The maximum atomic E-state index is 12.5. The lowest BCUT2D eigenvalue weighted by molar-refractivity contribution is -0.127. The van der Waals surface area contributed by atoms with Gasteiger partial charge in [0.1, 0.15) is 0 Å². The van der Waals surface area contributed by atoms with Crippen molar-refractivity contribution in [3.05, 3.63) is 34.9 Å². The highest BCUT2D eigenvalue weighted by molar-refractivity contribution is 6.33. The van der Waals surface area contributed by atoms with Crippen molar-refractivity contribution < 1.29 is 14.7 Å². The molecule has 25 heavy (non-hydrogen) atoms. The van der Waals surface area contributed by atoms with E-state index in [9.17, 15) is 14.7 Å². The highest BCUT2D eigenvalue weighted by atomic mass is 35.5.